The van der Waals surface area contributed by atoms with Crippen LogP contribution in [0.25, 0.3) is 0 Å². The quantitative estimate of drug-likeness (QED) is 0.316. The smallest absolute Gasteiger partial charge is 0.323 e. The number of hydrogen-bond donors (Lipinski definition) is 4. The Hall–Kier alpha value is -1.18. The highest BCUT2D eigenvalue weighted by molar-refractivity contribution is 5.75. The number of rotatable bonds is 8. The lowest BCUT2D eigenvalue weighted by molar-refractivity contribution is -0.178. The molecule has 0 aliphatic carbocycles. The Kier molecular flexibility index (Phi) is 6.59. The van der Waals surface area contributed by atoms with Gasteiger partial charge in [0.05, 0.1) is 0 Å². The summed E-state index contributed by atoms with van der Waals surface area (Å²) in [6.07, 6.45) is 1.35. The van der Waals surface area contributed by atoms with Crippen molar-refractivity contribution < 1.29 is 25.0 Å². The van der Waals surface area contributed by atoms with Crippen LogP contribution in [-0.4, -0.2) is 51.6 Å². The highest BCUT2D eigenvalue weighted by Gasteiger charge is 2.25. The van der Waals surface area contributed by atoms with E-state index in [0.29, 0.717) is 24.4 Å². The van der Waals surface area contributed by atoms with Crippen LogP contribution in [0.5, 0.6) is 0 Å². The Morgan fingerprint density at radius 1 is 1.27 bits per heavy atom. The first-order valence-electron chi connectivity index (χ1n) is 4.59. The van der Waals surface area contributed by atoms with E-state index in [2.05, 4.69) is 0 Å². The van der Waals surface area contributed by atoms with Gasteiger partial charge in [0, 0.05) is 0 Å². The van der Waals surface area contributed by atoms with E-state index in [1.54, 1.807) is 0 Å². The minimum absolute atomic E-state index is 0.177. The average Bonchev–Trinajstić information content (AvgIpc) is 2.10. The lowest BCUT2D eigenvalue weighted by atomic mass is 10.1. The summed E-state index contributed by atoms with van der Waals surface area (Å²) >= 11 is 0. The number of carboxylic acid groups (broad SMARTS) is 2. The minimum atomic E-state index is -1.28. The average molecular weight is 220 g/mol. The zero-order valence-corrected chi connectivity index (χ0v) is 8.30. The van der Waals surface area contributed by atoms with E-state index < -0.39 is 24.5 Å². The maximum absolute atomic E-state index is 10.7. The van der Waals surface area contributed by atoms with Gasteiger partial charge in [-0.2, -0.15) is 5.06 Å². The van der Waals surface area contributed by atoms with Crippen LogP contribution in [0.1, 0.15) is 19.3 Å². The van der Waals surface area contributed by atoms with Crippen LogP contribution in [0.3, 0.4) is 0 Å². The van der Waals surface area contributed by atoms with Gasteiger partial charge < -0.3 is 21.2 Å². The molecule has 5 N–H and O–H groups in total. The van der Waals surface area contributed by atoms with Crippen molar-refractivity contribution in [3.05, 3.63) is 0 Å². The molecule has 0 heterocycles. The molecule has 0 aliphatic rings. The van der Waals surface area contributed by atoms with Crippen molar-refractivity contribution in [1.29, 1.82) is 0 Å². The highest BCUT2D eigenvalue weighted by atomic mass is 16.5. The topological polar surface area (TPSA) is 124 Å². The number of nitrogens with two attached hydrogens (primary N) is 1. The number of unbranched alkanes of at least 4 members (excludes halogenated alkanes) is 1. The highest BCUT2D eigenvalue weighted by Crippen LogP contribution is 2.06. The molecule has 0 saturated carbocycles. The Bertz CT molecular complexity index is 221. The summed E-state index contributed by atoms with van der Waals surface area (Å²) in [5, 5.41) is 26.6. The molecule has 0 aromatic rings. The fourth-order valence-electron chi connectivity index (χ4n) is 1.13. The predicted molar refractivity (Wildman–Crippen MR) is 50.5 cm³/mol. The number of hydroxylamine groups is 2. The van der Waals surface area contributed by atoms with Crippen LogP contribution in [0, 0.1) is 0 Å². The Labute approximate surface area is 87.1 Å². The van der Waals surface area contributed by atoms with Gasteiger partial charge in [0.2, 0.25) is 0 Å². The van der Waals surface area contributed by atoms with Crippen LogP contribution in [0.4, 0.5) is 0 Å². The van der Waals surface area contributed by atoms with Crippen molar-refractivity contribution in [2.75, 3.05) is 13.1 Å². The third kappa shape index (κ3) is 6.00. The van der Waals surface area contributed by atoms with Crippen molar-refractivity contribution in [1.82, 2.24) is 5.06 Å². The van der Waals surface area contributed by atoms with Crippen LogP contribution >= 0.6 is 0 Å². The summed E-state index contributed by atoms with van der Waals surface area (Å²) in [7, 11) is 0. The number of carboxylic acids is 2. The van der Waals surface area contributed by atoms with E-state index in [1.807, 2.05) is 0 Å². The van der Waals surface area contributed by atoms with E-state index in [1.165, 1.54) is 0 Å². The van der Waals surface area contributed by atoms with Gasteiger partial charge in [0.15, 0.2) is 0 Å². The molecule has 0 amide bonds. The van der Waals surface area contributed by atoms with Crippen LogP contribution in [-0.2, 0) is 9.59 Å². The van der Waals surface area contributed by atoms with E-state index in [-0.39, 0.29) is 6.42 Å². The molecule has 15 heavy (non-hydrogen) atoms. The Morgan fingerprint density at radius 3 is 2.27 bits per heavy atom. The molecule has 0 aromatic heterocycles. The molecule has 0 rings (SSSR count). The van der Waals surface area contributed by atoms with Crippen molar-refractivity contribution in [3.63, 3.8) is 0 Å². The largest absolute Gasteiger partial charge is 0.480 e. The van der Waals surface area contributed by atoms with Gasteiger partial charge in [-0.1, -0.05) is 0 Å². The molecule has 0 bridgehead atoms. The number of nitrogens with zero attached hydrogens (tertiary/aromatic N) is 1. The van der Waals surface area contributed by atoms with Gasteiger partial charge in [-0.3, -0.25) is 9.59 Å². The minimum Gasteiger partial charge on any atom is -0.480 e. The van der Waals surface area contributed by atoms with Crippen molar-refractivity contribution in [2.24, 2.45) is 5.73 Å². The van der Waals surface area contributed by atoms with Gasteiger partial charge in [-0.15, -0.1) is 0 Å². The first-order valence-corrected chi connectivity index (χ1v) is 4.59. The second-order valence-electron chi connectivity index (χ2n) is 3.13. The second kappa shape index (κ2) is 7.16. The monoisotopic (exact) mass is 220 g/mol. The standard InChI is InChI=1S/C8H16N2O5/c9-4-2-1-3-6(8(13)14)10(15)5-7(11)12/h6,15H,1-5,9H2,(H,11,12)(H,13,14)/t6-/m0/s1. The van der Waals surface area contributed by atoms with Gasteiger partial charge in [0.25, 0.3) is 0 Å². The van der Waals surface area contributed by atoms with Crippen LogP contribution in [0.2, 0.25) is 0 Å². The lowest BCUT2D eigenvalue weighted by Crippen LogP contribution is -2.41. The molecule has 0 radical (unpaired) electrons. The predicted octanol–water partition coefficient (Wildman–Crippen LogP) is -0.656. The number of aliphatic carboxylic acids is 2. The number of hydrogen-bond acceptors (Lipinski definition) is 5. The van der Waals surface area contributed by atoms with Crippen LogP contribution < -0.4 is 5.73 Å². The number of carbonyl (C=O) groups is 2. The summed E-state index contributed by atoms with van der Waals surface area (Å²) in [5.41, 5.74) is 5.23. The molecular weight excluding hydrogens is 204 g/mol. The summed E-state index contributed by atoms with van der Waals surface area (Å²) in [6, 6.07) is -1.19. The third-order valence-electron chi connectivity index (χ3n) is 1.87. The molecular formula is C8H16N2O5. The summed E-state index contributed by atoms with van der Waals surface area (Å²) in [6.45, 7) is -0.268. The summed E-state index contributed by atoms with van der Waals surface area (Å²) < 4.78 is 0. The van der Waals surface area contributed by atoms with Gasteiger partial charge in [-0.25, -0.2) is 0 Å². The molecule has 88 valence electrons. The molecule has 0 fully saturated rings. The van der Waals surface area contributed by atoms with E-state index >= 15 is 0 Å². The van der Waals surface area contributed by atoms with Crippen molar-refractivity contribution in [3.8, 4) is 0 Å². The van der Waals surface area contributed by atoms with Gasteiger partial charge >= 0.3 is 11.9 Å². The molecule has 0 saturated heterocycles. The molecule has 0 spiro atoms. The van der Waals surface area contributed by atoms with Crippen molar-refractivity contribution in [2.45, 2.75) is 25.3 Å². The van der Waals surface area contributed by atoms with E-state index in [4.69, 9.17) is 15.9 Å². The molecule has 0 aliphatic heterocycles. The molecule has 7 nitrogen and oxygen atoms in total. The van der Waals surface area contributed by atoms with Crippen molar-refractivity contribution >= 4 is 11.9 Å². The van der Waals surface area contributed by atoms with Gasteiger partial charge in [0.1, 0.15) is 12.6 Å². The fraction of sp³-hybridized carbons (Fsp3) is 0.750. The summed E-state index contributed by atoms with van der Waals surface area (Å²) in [5.74, 6) is -2.52. The van der Waals surface area contributed by atoms with Crippen LogP contribution in [0.15, 0.2) is 0 Å². The normalized spacial score (nSPS) is 12.7. The second-order valence-corrected chi connectivity index (χ2v) is 3.13. The summed E-state index contributed by atoms with van der Waals surface area (Å²) in [4.78, 5) is 20.9. The first-order chi connectivity index (χ1) is 6.99. The Morgan fingerprint density at radius 2 is 1.87 bits per heavy atom. The molecule has 1 atom stereocenters. The molecule has 0 unspecified atom stereocenters. The maximum atomic E-state index is 10.7. The van der Waals surface area contributed by atoms with E-state index in [0.717, 1.165) is 0 Å². The maximum Gasteiger partial charge on any atom is 0.323 e. The van der Waals surface area contributed by atoms with Gasteiger partial charge in [-0.05, 0) is 25.8 Å². The molecule has 0 aromatic carbocycles. The SMILES string of the molecule is NCCCC[C@@H](C(=O)O)N(O)CC(=O)O. The first kappa shape index (κ1) is 13.8. The zero-order chi connectivity index (χ0) is 11.8. The lowest BCUT2D eigenvalue weighted by Gasteiger charge is -2.20. The molecule has 7 heteroatoms. The van der Waals surface area contributed by atoms with E-state index in [9.17, 15) is 14.8 Å². The fourth-order valence-corrected chi connectivity index (χ4v) is 1.13. The third-order valence-corrected chi connectivity index (χ3v) is 1.87. The Balaban J connectivity index is 4.13. The zero-order valence-electron chi connectivity index (χ0n) is 8.30.